The Morgan fingerprint density at radius 2 is 1.89 bits per heavy atom. The van der Waals surface area contributed by atoms with Crippen molar-refractivity contribution in [3.8, 4) is 0 Å². The first kappa shape index (κ1) is 14.4. The largest absolute Gasteiger partial charge is 0.368 e. The van der Waals surface area contributed by atoms with E-state index in [1.807, 2.05) is 6.07 Å². The second-order valence-electron chi connectivity index (χ2n) is 3.90. The Hall–Kier alpha value is -1.03. The zero-order valence-electron chi connectivity index (χ0n) is 9.76. The van der Waals surface area contributed by atoms with Crippen LogP contribution in [0.4, 0.5) is 10.2 Å². The zero-order valence-corrected chi connectivity index (χ0v) is 12.0. The van der Waals surface area contributed by atoms with E-state index in [1.165, 1.54) is 18.2 Å². The molecule has 2 rings (SSSR count). The first-order chi connectivity index (χ1) is 9.06. The van der Waals surface area contributed by atoms with Crippen molar-refractivity contribution in [2.45, 2.75) is 6.42 Å². The molecule has 0 saturated heterocycles. The zero-order chi connectivity index (χ0) is 13.8. The molecule has 1 aromatic heterocycles. The minimum absolute atomic E-state index is 0.194. The molecule has 0 aliphatic heterocycles. The Kier molecular flexibility index (Phi) is 4.86. The van der Waals surface area contributed by atoms with Crippen LogP contribution in [0.25, 0.3) is 0 Å². The molecular weight excluding hydrogens is 310 g/mol. The maximum atomic E-state index is 13.0. The molecule has 0 saturated carbocycles. The Balaban J connectivity index is 1.98. The molecular formula is C13H10Cl3FN2. The lowest BCUT2D eigenvalue weighted by Gasteiger charge is -2.08. The molecule has 0 atom stereocenters. The summed E-state index contributed by atoms with van der Waals surface area (Å²) in [7, 11) is 0. The standard InChI is InChI=1S/C13H10Cl3FN2/c14-10-7-11(15)13(19-12(10)16)18-5-4-8-2-1-3-9(17)6-8/h1-3,6-7H,4-5H2,(H,18,19). The maximum Gasteiger partial charge on any atom is 0.150 e. The number of halogens is 4. The van der Waals surface area contributed by atoms with Gasteiger partial charge in [-0.1, -0.05) is 46.9 Å². The molecule has 0 radical (unpaired) electrons. The fourth-order valence-electron chi connectivity index (χ4n) is 1.59. The maximum absolute atomic E-state index is 13.0. The van der Waals surface area contributed by atoms with Crippen LogP contribution in [-0.2, 0) is 6.42 Å². The van der Waals surface area contributed by atoms with Crippen LogP contribution in [0.15, 0.2) is 30.3 Å². The molecule has 0 bridgehead atoms. The molecule has 1 N–H and O–H groups in total. The summed E-state index contributed by atoms with van der Waals surface area (Å²) in [6, 6.07) is 7.96. The van der Waals surface area contributed by atoms with E-state index < -0.39 is 0 Å². The van der Waals surface area contributed by atoms with E-state index in [0.717, 1.165) is 5.56 Å². The molecule has 0 spiro atoms. The van der Waals surface area contributed by atoms with Crippen molar-refractivity contribution in [2.24, 2.45) is 0 Å². The van der Waals surface area contributed by atoms with Crippen LogP contribution < -0.4 is 5.32 Å². The normalized spacial score (nSPS) is 10.5. The highest BCUT2D eigenvalue weighted by Gasteiger charge is 2.07. The van der Waals surface area contributed by atoms with Crippen molar-refractivity contribution in [3.05, 3.63) is 56.9 Å². The van der Waals surface area contributed by atoms with Gasteiger partial charge < -0.3 is 5.32 Å². The predicted molar refractivity (Wildman–Crippen MR) is 77.9 cm³/mol. The summed E-state index contributed by atoms with van der Waals surface area (Å²) in [5, 5.41) is 3.94. The van der Waals surface area contributed by atoms with Crippen LogP contribution in [0.5, 0.6) is 0 Å². The van der Waals surface area contributed by atoms with Gasteiger partial charge in [0, 0.05) is 6.54 Å². The number of nitrogens with zero attached hydrogens (tertiary/aromatic N) is 1. The molecule has 100 valence electrons. The van der Waals surface area contributed by atoms with Gasteiger partial charge in [-0.3, -0.25) is 0 Å². The third-order valence-corrected chi connectivity index (χ3v) is 3.44. The molecule has 0 unspecified atom stereocenters. The van der Waals surface area contributed by atoms with Gasteiger partial charge in [0.1, 0.15) is 16.8 Å². The summed E-state index contributed by atoms with van der Waals surface area (Å²) >= 11 is 17.6. The van der Waals surface area contributed by atoms with Crippen LogP contribution in [0.3, 0.4) is 0 Å². The van der Waals surface area contributed by atoms with Gasteiger partial charge in [0.05, 0.1) is 10.0 Å². The molecule has 1 heterocycles. The highest BCUT2D eigenvalue weighted by atomic mass is 35.5. The van der Waals surface area contributed by atoms with Gasteiger partial charge in [0.25, 0.3) is 0 Å². The third kappa shape index (κ3) is 3.96. The minimum atomic E-state index is -0.247. The summed E-state index contributed by atoms with van der Waals surface area (Å²) in [4.78, 5) is 4.04. The fourth-order valence-corrected chi connectivity index (χ4v) is 2.15. The topological polar surface area (TPSA) is 24.9 Å². The Labute approximate surface area is 125 Å². The lowest BCUT2D eigenvalue weighted by Crippen LogP contribution is -2.07. The average molecular weight is 320 g/mol. The molecule has 2 aromatic rings. The van der Waals surface area contributed by atoms with Crippen molar-refractivity contribution in [1.29, 1.82) is 0 Å². The summed E-state index contributed by atoms with van der Waals surface area (Å²) in [5.41, 5.74) is 0.892. The number of anilines is 1. The summed E-state index contributed by atoms with van der Waals surface area (Å²) in [6.07, 6.45) is 0.649. The SMILES string of the molecule is Fc1cccc(CCNc2nc(Cl)c(Cl)cc2Cl)c1. The molecule has 0 fully saturated rings. The Morgan fingerprint density at radius 1 is 1.11 bits per heavy atom. The Morgan fingerprint density at radius 3 is 2.63 bits per heavy atom. The van der Waals surface area contributed by atoms with Gasteiger partial charge in [-0.2, -0.15) is 0 Å². The predicted octanol–water partition coefficient (Wildman–Crippen LogP) is 4.84. The van der Waals surface area contributed by atoms with Gasteiger partial charge in [-0.05, 0) is 30.2 Å². The number of nitrogens with one attached hydrogen (secondary N) is 1. The van der Waals surface area contributed by atoms with Crippen molar-refractivity contribution < 1.29 is 4.39 Å². The number of hydrogen-bond acceptors (Lipinski definition) is 2. The second-order valence-corrected chi connectivity index (χ2v) is 5.07. The van der Waals surface area contributed by atoms with E-state index in [2.05, 4.69) is 10.3 Å². The first-order valence-corrected chi connectivity index (χ1v) is 6.69. The Bertz CT molecular complexity index is 590. The molecule has 0 aliphatic carbocycles. The van der Waals surface area contributed by atoms with Gasteiger partial charge in [-0.25, -0.2) is 9.37 Å². The number of aromatic nitrogens is 1. The summed E-state index contributed by atoms with van der Waals surface area (Å²) in [5.74, 6) is 0.218. The first-order valence-electron chi connectivity index (χ1n) is 5.56. The van der Waals surface area contributed by atoms with Crippen molar-refractivity contribution in [3.63, 3.8) is 0 Å². The summed E-state index contributed by atoms with van der Waals surface area (Å²) < 4.78 is 13.0. The third-order valence-electron chi connectivity index (χ3n) is 2.48. The molecule has 0 aliphatic rings. The van der Waals surface area contributed by atoms with Crippen LogP contribution in [0.1, 0.15) is 5.56 Å². The molecule has 19 heavy (non-hydrogen) atoms. The van der Waals surface area contributed by atoms with Crippen molar-refractivity contribution in [1.82, 2.24) is 4.98 Å². The number of pyridine rings is 1. The average Bonchev–Trinajstić information content (AvgIpc) is 2.35. The molecule has 0 amide bonds. The minimum Gasteiger partial charge on any atom is -0.368 e. The second kappa shape index (κ2) is 6.42. The van der Waals surface area contributed by atoms with E-state index in [9.17, 15) is 4.39 Å². The van der Waals surface area contributed by atoms with E-state index in [4.69, 9.17) is 34.8 Å². The monoisotopic (exact) mass is 318 g/mol. The van der Waals surface area contributed by atoms with Gasteiger partial charge in [-0.15, -0.1) is 0 Å². The number of hydrogen-bond donors (Lipinski definition) is 1. The highest BCUT2D eigenvalue weighted by molar-refractivity contribution is 6.42. The van der Waals surface area contributed by atoms with E-state index in [-0.39, 0.29) is 11.0 Å². The lowest BCUT2D eigenvalue weighted by atomic mass is 10.1. The smallest absolute Gasteiger partial charge is 0.150 e. The molecule has 2 nitrogen and oxygen atoms in total. The van der Waals surface area contributed by atoms with Crippen molar-refractivity contribution in [2.75, 3.05) is 11.9 Å². The van der Waals surface area contributed by atoms with Crippen LogP contribution >= 0.6 is 34.8 Å². The number of rotatable bonds is 4. The molecule has 1 aromatic carbocycles. The number of benzene rings is 1. The van der Waals surface area contributed by atoms with Gasteiger partial charge in [0.2, 0.25) is 0 Å². The lowest BCUT2D eigenvalue weighted by molar-refractivity contribution is 0.625. The van der Waals surface area contributed by atoms with E-state index in [0.29, 0.717) is 28.8 Å². The quantitative estimate of drug-likeness (QED) is 0.816. The van der Waals surface area contributed by atoms with Gasteiger partial charge >= 0.3 is 0 Å². The molecule has 6 heteroatoms. The summed E-state index contributed by atoms with van der Waals surface area (Å²) in [6.45, 7) is 0.564. The van der Waals surface area contributed by atoms with Gasteiger partial charge in [0.15, 0.2) is 0 Å². The van der Waals surface area contributed by atoms with Crippen LogP contribution in [0.2, 0.25) is 15.2 Å². The van der Waals surface area contributed by atoms with Crippen molar-refractivity contribution >= 4 is 40.6 Å². The van der Waals surface area contributed by atoms with Crippen LogP contribution in [-0.4, -0.2) is 11.5 Å². The van der Waals surface area contributed by atoms with Crippen LogP contribution in [0, 0.1) is 5.82 Å². The van der Waals surface area contributed by atoms with E-state index >= 15 is 0 Å². The van der Waals surface area contributed by atoms with E-state index in [1.54, 1.807) is 6.07 Å². The fraction of sp³-hybridized carbons (Fsp3) is 0.154. The highest BCUT2D eigenvalue weighted by Crippen LogP contribution is 2.28.